The fourth-order valence-corrected chi connectivity index (χ4v) is 5.92. The van der Waals surface area contributed by atoms with E-state index in [4.69, 9.17) is 23.7 Å². The lowest BCUT2D eigenvalue weighted by molar-refractivity contribution is 0.0626. The highest BCUT2D eigenvalue weighted by atomic mass is 16.6. The second kappa shape index (κ2) is 16.6. The van der Waals surface area contributed by atoms with E-state index in [2.05, 4.69) is 76.2 Å². The van der Waals surface area contributed by atoms with Gasteiger partial charge in [0.1, 0.15) is 61.6 Å². The molecule has 0 radical (unpaired) electrons. The van der Waals surface area contributed by atoms with E-state index >= 15 is 0 Å². The first-order valence-corrected chi connectivity index (χ1v) is 17.6. The number of ether oxygens (including phenoxy) is 5. The monoisotopic (exact) mass is 668 g/mol. The first-order valence-electron chi connectivity index (χ1n) is 17.6. The van der Waals surface area contributed by atoms with Gasteiger partial charge in [-0.1, -0.05) is 83.1 Å². The van der Waals surface area contributed by atoms with E-state index < -0.39 is 12.2 Å². The van der Waals surface area contributed by atoms with E-state index in [0.29, 0.717) is 31.1 Å². The lowest BCUT2D eigenvalue weighted by Crippen LogP contribution is -2.25. The Morgan fingerprint density at radius 2 is 0.857 bits per heavy atom. The van der Waals surface area contributed by atoms with Crippen LogP contribution in [0, 0.1) is 0 Å². The van der Waals surface area contributed by atoms with Crippen LogP contribution in [0.2, 0.25) is 0 Å². The molecular weight excluding hydrogens is 616 g/mol. The van der Waals surface area contributed by atoms with Crippen LogP contribution in [0.25, 0.3) is 0 Å². The highest BCUT2D eigenvalue weighted by Gasteiger charge is 2.29. The SMILES string of the molecule is CCC(O)COc1ccc(C(C)(CC)c2ccc(OCC(O)COc3ccc(C(C)(CC)c4ccc(OCC5CO5)cc4)cc3)cc2)cc1. The van der Waals surface area contributed by atoms with E-state index in [-0.39, 0.29) is 30.1 Å². The van der Waals surface area contributed by atoms with Gasteiger partial charge >= 0.3 is 0 Å². The number of hydrogen-bond acceptors (Lipinski definition) is 7. The van der Waals surface area contributed by atoms with Gasteiger partial charge in [-0.3, -0.25) is 0 Å². The van der Waals surface area contributed by atoms with E-state index in [1.54, 1.807) is 0 Å². The Morgan fingerprint density at radius 3 is 1.14 bits per heavy atom. The average molecular weight is 669 g/mol. The molecule has 7 heteroatoms. The minimum atomic E-state index is -0.785. The number of hydrogen-bond donors (Lipinski definition) is 2. The first-order chi connectivity index (χ1) is 23.7. The molecule has 262 valence electrons. The average Bonchev–Trinajstić information content (AvgIpc) is 3.99. The Kier molecular flexibility index (Phi) is 12.3. The Morgan fingerprint density at radius 1 is 0.551 bits per heavy atom. The predicted molar refractivity (Wildman–Crippen MR) is 193 cm³/mol. The van der Waals surface area contributed by atoms with Crippen LogP contribution in [0.4, 0.5) is 0 Å². The van der Waals surface area contributed by atoms with Crippen molar-refractivity contribution in [1.82, 2.24) is 0 Å². The zero-order chi connectivity index (χ0) is 34.9. The summed E-state index contributed by atoms with van der Waals surface area (Å²) in [5, 5.41) is 20.4. The fraction of sp³-hybridized carbons (Fsp3) is 0.429. The van der Waals surface area contributed by atoms with Gasteiger partial charge in [-0.25, -0.2) is 0 Å². The van der Waals surface area contributed by atoms with Gasteiger partial charge in [0.15, 0.2) is 0 Å². The van der Waals surface area contributed by atoms with Crippen LogP contribution in [0.15, 0.2) is 97.1 Å². The maximum absolute atomic E-state index is 10.6. The van der Waals surface area contributed by atoms with Crippen LogP contribution in [0.1, 0.15) is 76.1 Å². The van der Waals surface area contributed by atoms with Gasteiger partial charge in [-0.05, 0) is 90.0 Å². The third kappa shape index (κ3) is 9.35. The Labute approximate surface area is 291 Å². The molecule has 1 aliphatic rings. The minimum Gasteiger partial charge on any atom is -0.491 e. The Hall–Kier alpha value is -4.04. The van der Waals surface area contributed by atoms with Gasteiger partial charge in [-0.15, -0.1) is 0 Å². The summed E-state index contributed by atoms with van der Waals surface area (Å²) in [4.78, 5) is 0. The number of rotatable bonds is 19. The highest BCUT2D eigenvalue weighted by Crippen LogP contribution is 2.38. The van der Waals surface area contributed by atoms with E-state index in [1.807, 2.05) is 55.5 Å². The minimum absolute atomic E-state index is 0.123. The van der Waals surface area contributed by atoms with Crippen molar-refractivity contribution in [1.29, 1.82) is 0 Å². The fourth-order valence-electron chi connectivity index (χ4n) is 5.92. The lowest BCUT2D eigenvalue weighted by atomic mass is 9.74. The summed E-state index contributed by atoms with van der Waals surface area (Å²) in [6.45, 7) is 12.7. The highest BCUT2D eigenvalue weighted by molar-refractivity contribution is 5.44. The zero-order valence-electron chi connectivity index (χ0n) is 29.6. The summed E-state index contributed by atoms with van der Waals surface area (Å²) in [5.74, 6) is 3.00. The van der Waals surface area contributed by atoms with Crippen molar-refractivity contribution in [3.05, 3.63) is 119 Å². The molecule has 0 saturated carbocycles. The lowest BCUT2D eigenvalue weighted by Gasteiger charge is -2.30. The van der Waals surface area contributed by atoms with Gasteiger partial charge in [-0.2, -0.15) is 0 Å². The molecule has 49 heavy (non-hydrogen) atoms. The van der Waals surface area contributed by atoms with E-state index in [0.717, 1.165) is 30.9 Å². The number of epoxide rings is 1. The van der Waals surface area contributed by atoms with Crippen molar-refractivity contribution < 1.29 is 33.9 Å². The third-order valence-corrected chi connectivity index (χ3v) is 10.0. The maximum atomic E-state index is 10.6. The quantitative estimate of drug-likeness (QED) is 0.0984. The number of benzene rings is 4. The second-order valence-corrected chi connectivity index (χ2v) is 13.4. The van der Waals surface area contributed by atoms with Crippen molar-refractivity contribution in [2.75, 3.05) is 33.0 Å². The van der Waals surface area contributed by atoms with Crippen LogP contribution >= 0.6 is 0 Å². The molecule has 5 unspecified atom stereocenters. The van der Waals surface area contributed by atoms with Crippen molar-refractivity contribution in [3.63, 3.8) is 0 Å². The van der Waals surface area contributed by atoms with Crippen LogP contribution in [0.5, 0.6) is 23.0 Å². The zero-order valence-corrected chi connectivity index (χ0v) is 29.6. The second-order valence-electron chi connectivity index (χ2n) is 13.4. The molecule has 0 aromatic heterocycles. The molecule has 5 rings (SSSR count). The topological polar surface area (TPSA) is 89.9 Å². The number of aliphatic hydroxyl groups is 2. The number of aliphatic hydroxyl groups excluding tert-OH is 2. The van der Waals surface area contributed by atoms with Crippen LogP contribution in [-0.4, -0.2) is 61.6 Å². The molecule has 0 bridgehead atoms. The van der Waals surface area contributed by atoms with Crippen LogP contribution in [-0.2, 0) is 15.6 Å². The smallest absolute Gasteiger partial charge is 0.122 e. The van der Waals surface area contributed by atoms with Crippen molar-refractivity contribution in [3.8, 4) is 23.0 Å². The van der Waals surface area contributed by atoms with E-state index in [9.17, 15) is 10.2 Å². The standard InChI is InChI=1S/C42H52O7/c1-6-34(43)25-45-36-17-9-30(10-18-36)41(4,7-2)31-11-19-37(20-12-31)46-26-35(44)27-47-38-21-13-32(14-22-38)42(5,8-3)33-15-23-39(24-16-33)48-28-40-29-49-40/h9-24,34-35,40,43-44H,6-8,25-29H2,1-5H3. The normalized spacial score (nSPS) is 17.7. The summed E-state index contributed by atoms with van der Waals surface area (Å²) < 4.78 is 28.6. The molecule has 2 N–H and O–H groups in total. The maximum Gasteiger partial charge on any atom is 0.122 e. The molecular formula is C42H52O7. The first kappa shape index (κ1) is 36.2. The molecule has 0 spiro atoms. The molecule has 0 aliphatic carbocycles. The molecule has 1 saturated heterocycles. The van der Waals surface area contributed by atoms with Crippen molar-refractivity contribution >= 4 is 0 Å². The van der Waals surface area contributed by atoms with Gasteiger partial charge in [0, 0.05) is 10.8 Å². The molecule has 4 aromatic rings. The molecule has 0 amide bonds. The van der Waals surface area contributed by atoms with Crippen molar-refractivity contribution in [2.24, 2.45) is 0 Å². The predicted octanol–water partition coefficient (Wildman–Crippen LogP) is 7.86. The molecule has 5 atom stereocenters. The van der Waals surface area contributed by atoms with Gasteiger partial charge in [0.05, 0.1) is 12.7 Å². The summed E-state index contributed by atoms with van der Waals surface area (Å²) >= 11 is 0. The molecule has 4 aromatic carbocycles. The summed E-state index contributed by atoms with van der Waals surface area (Å²) in [6, 6.07) is 32.7. The Bertz CT molecular complexity index is 1570. The largest absolute Gasteiger partial charge is 0.491 e. The Balaban J connectivity index is 1.10. The molecule has 1 heterocycles. The third-order valence-electron chi connectivity index (χ3n) is 10.0. The summed E-state index contributed by atoms with van der Waals surface area (Å²) in [5.41, 5.74) is 4.43. The molecule has 1 aliphatic heterocycles. The summed E-state index contributed by atoms with van der Waals surface area (Å²) in [6.07, 6.45) is 1.51. The molecule has 7 nitrogen and oxygen atoms in total. The molecule has 1 fully saturated rings. The van der Waals surface area contributed by atoms with Crippen LogP contribution in [0.3, 0.4) is 0 Å². The summed E-state index contributed by atoms with van der Waals surface area (Å²) in [7, 11) is 0. The van der Waals surface area contributed by atoms with Gasteiger partial charge in [0.25, 0.3) is 0 Å². The van der Waals surface area contributed by atoms with E-state index in [1.165, 1.54) is 22.3 Å². The van der Waals surface area contributed by atoms with Crippen molar-refractivity contribution in [2.45, 2.75) is 83.0 Å². The van der Waals surface area contributed by atoms with Gasteiger partial charge in [0.2, 0.25) is 0 Å². The van der Waals surface area contributed by atoms with Gasteiger partial charge < -0.3 is 33.9 Å². The van der Waals surface area contributed by atoms with Crippen LogP contribution < -0.4 is 18.9 Å².